The molecule has 0 radical (unpaired) electrons. The summed E-state index contributed by atoms with van der Waals surface area (Å²) < 4.78 is 0. The zero-order valence-electron chi connectivity index (χ0n) is 5.47. The lowest BCUT2D eigenvalue weighted by atomic mass is 10.1. The third-order valence-electron chi connectivity index (χ3n) is 0.548. The van der Waals surface area contributed by atoms with Gasteiger partial charge in [0.1, 0.15) is 0 Å². The predicted molar refractivity (Wildman–Crippen MR) is 31.8 cm³/mol. The molecule has 0 saturated carbocycles. The average molecular weight is 120 g/mol. The lowest BCUT2D eigenvalue weighted by Gasteiger charge is -2.05. The smallest absolute Gasteiger partial charge is 0.214 e. The molecule has 4 nitrogen and oxygen atoms in total. The minimum absolute atomic E-state index is 0. The van der Waals surface area contributed by atoms with Gasteiger partial charge >= 0.3 is 0 Å². The van der Waals surface area contributed by atoms with Crippen molar-refractivity contribution in [1.82, 2.24) is 6.15 Å². The van der Waals surface area contributed by atoms with Crippen molar-refractivity contribution < 1.29 is 4.92 Å². The molecule has 0 aromatic heterocycles. The SMILES string of the molecule is CC(C)(C)[N+](=O)[O-].N. The summed E-state index contributed by atoms with van der Waals surface area (Å²) in [6, 6.07) is 0. The van der Waals surface area contributed by atoms with E-state index < -0.39 is 5.54 Å². The van der Waals surface area contributed by atoms with Gasteiger partial charge < -0.3 is 6.15 Å². The molecule has 0 spiro atoms. The quantitative estimate of drug-likeness (QED) is 0.385. The van der Waals surface area contributed by atoms with E-state index >= 15 is 0 Å². The normalized spacial score (nSPS) is 9.88. The largest absolute Gasteiger partial charge is 0.344 e. The molecule has 0 saturated heterocycles. The Morgan fingerprint density at radius 2 is 1.50 bits per heavy atom. The van der Waals surface area contributed by atoms with Crippen LogP contribution in [0.25, 0.3) is 0 Å². The van der Waals surface area contributed by atoms with Gasteiger partial charge in [0.2, 0.25) is 5.54 Å². The first kappa shape index (κ1) is 10.4. The van der Waals surface area contributed by atoms with Crippen molar-refractivity contribution >= 4 is 0 Å². The molecular weight excluding hydrogens is 108 g/mol. The second-order valence-corrected chi connectivity index (χ2v) is 2.43. The highest BCUT2D eigenvalue weighted by atomic mass is 16.6. The van der Waals surface area contributed by atoms with Crippen LogP contribution >= 0.6 is 0 Å². The van der Waals surface area contributed by atoms with E-state index in [1.165, 1.54) is 0 Å². The van der Waals surface area contributed by atoms with Gasteiger partial charge in [-0.3, -0.25) is 10.1 Å². The zero-order valence-corrected chi connectivity index (χ0v) is 5.47. The Morgan fingerprint density at radius 1 is 1.38 bits per heavy atom. The molecule has 0 rings (SSSR count). The summed E-state index contributed by atoms with van der Waals surface area (Å²) in [4.78, 5) is 9.51. The molecule has 0 fully saturated rings. The highest BCUT2D eigenvalue weighted by molar-refractivity contribution is 4.54. The lowest BCUT2D eigenvalue weighted by molar-refractivity contribution is -0.555. The third kappa shape index (κ3) is 3.55. The average Bonchev–Trinajstić information content (AvgIpc) is 1.31. The van der Waals surface area contributed by atoms with E-state index in [0.717, 1.165) is 0 Å². The monoisotopic (exact) mass is 120 g/mol. The van der Waals surface area contributed by atoms with Crippen LogP contribution in [-0.2, 0) is 0 Å². The summed E-state index contributed by atoms with van der Waals surface area (Å²) in [5, 5.41) is 9.83. The standard InChI is InChI=1S/C4H9NO2.H3N/c1-4(2,3)5(6)7;/h1-3H3;1H3. The van der Waals surface area contributed by atoms with Gasteiger partial charge in [-0.15, -0.1) is 0 Å². The summed E-state index contributed by atoms with van der Waals surface area (Å²) in [6.45, 7) is 4.69. The predicted octanol–water partition coefficient (Wildman–Crippen LogP) is 1.22. The fourth-order valence-corrected chi connectivity index (χ4v) is 0. The van der Waals surface area contributed by atoms with Crippen LogP contribution in [0.3, 0.4) is 0 Å². The molecule has 0 unspecified atom stereocenters. The van der Waals surface area contributed by atoms with Crippen molar-refractivity contribution in [3.05, 3.63) is 10.1 Å². The van der Waals surface area contributed by atoms with Gasteiger partial charge in [0, 0.05) is 25.7 Å². The first-order valence-corrected chi connectivity index (χ1v) is 2.09. The van der Waals surface area contributed by atoms with Crippen LogP contribution in [-0.4, -0.2) is 10.5 Å². The molecule has 0 aromatic carbocycles. The van der Waals surface area contributed by atoms with Gasteiger partial charge in [-0.1, -0.05) is 0 Å². The zero-order chi connectivity index (χ0) is 6.08. The second-order valence-electron chi connectivity index (χ2n) is 2.43. The highest BCUT2D eigenvalue weighted by Gasteiger charge is 2.21. The Bertz CT molecular complexity index is 84.5. The first-order valence-electron chi connectivity index (χ1n) is 2.09. The van der Waals surface area contributed by atoms with Crippen LogP contribution in [0.1, 0.15) is 20.8 Å². The van der Waals surface area contributed by atoms with Gasteiger partial charge in [-0.2, -0.15) is 0 Å². The Balaban J connectivity index is 0. The maximum atomic E-state index is 9.83. The molecule has 4 heteroatoms. The third-order valence-corrected chi connectivity index (χ3v) is 0.548. The molecule has 0 aliphatic heterocycles. The van der Waals surface area contributed by atoms with Crippen LogP contribution < -0.4 is 6.15 Å². The van der Waals surface area contributed by atoms with E-state index in [9.17, 15) is 10.1 Å². The molecule has 0 amide bonds. The van der Waals surface area contributed by atoms with Crippen LogP contribution in [0.15, 0.2) is 0 Å². The minimum atomic E-state index is -0.778. The van der Waals surface area contributed by atoms with Crippen molar-refractivity contribution in [2.75, 3.05) is 0 Å². The van der Waals surface area contributed by atoms with E-state index in [2.05, 4.69) is 0 Å². The molecule has 0 bridgehead atoms. The Labute approximate surface area is 48.6 Å². The van der Waals surface area contributed by atoms with Crippen LogP contribution in [0.2, 0.25) is 0 Å². The highest BCUT2D eigenvalue weighted by Crippen LogP contribution is 2.02. The van der Waals surface area contributed by atoms with Crippen LogP contribution in [0.4, 0.5) is 0 Å². The summed E-state index contributed by atoms with van der Waals surface area (Å²) in [5.41, 5.74) is -0.778. The summed E-state index contributed by atoms with van der Waals surface area (Å²) in [6.07, 6.45) is 0. The summed E-state index contributed by atoms with van der Waals surface area (Å²) in [7, 11) is 0. The van der Waals surface area contributed by atoms with E-state index in [1.54, 1.807) is 20.8 Å². The van der Waals surface area contributed by atoms with Gasteiger partial charge in [0.05, 0.1) is 0 Å². The summed E-state index contributed by atoms with van der Waals surface area (Å²) >= 11 is 0. The van der Waals surface area contributed by atoms with Crippen molar-refractivity contribution in [1.29, 1.82) is 0 Å². The van der Waals surface area contributed by atoms with Gasteiger partial charge in [0.25, 0.3) is 0 Å². The first-order chi connectivity index (χ1) is 2.94. The summed E-state index contributed by atoms with van der Waals surface area (Å²) in [5.74, 6) is 0. The fourth-order valence-electron chi connectivity index (χ4n) is 0. The number of hydrogen-bond donors (Lipinski definition) is 1. The van der Waals surface area contributed by atoms with E-state index in [4.69, 9.17) is 0 Å². The van der Waals surface area contributed by atoms with Crippen molar-refractivity contribution in [3.63, 3.8) is 0 Å². The van der Waals surface area contributed by atoms with Gasteiger partial charge in [0.15, 0.2) is 0 Å². The number of nitrogens with zero attached hydrogens (tertiary/aromatic N) is 1. The van der Waals surface area contributed by atoms with E-state index in [-0.39, 0.29) is 11.1 Å². The van der Waals surface area contributed by atoms with Crippen molar-refractivity contribution in [3.8, 4) is 0 Å². The molecule has 50 valence electrons. The molecule has 0 heterocycles. The maximum absolute atomic E-state index is 9.83. The Kier molecular flexibility index (Phi) is 3.39. The van der Waals surface area contributed by atoms with Crippen LogP contribution in [0, 0.1) is 10.1 Å². The molecule has 3 N–H and O–H groups in total. The topological polar surface area (TPSA) is 78.1 Å². The molecule has 8 heavy (non-hydrogen) atoms. The van der Waals surface area contributed by atoms with Gasteiger partial charge in [-0.05, 0) is 0 Å². The lowest BCUT2D eigenvalue weighted by Crippen LogP contribution is -2.25. The van der Waals surface area contributed by atoms with Gasteiger partial charge in [-0.25, -0.2) is 0 Å². The Hall–Kier alpha value is -0.640. The minimum Gasteiger partial charge on any atom is -0.344 e. The number of nitro groups is 1. The van der Waals surface area contributed by atoms with E-state index in [1.807, 2.05) is 0 Å². The second kappa shape index (κ2) is 2.61. The molecule has 0 atom stereocenters. The Morgan fingerprint density at radius 3 is 1.50 bits per heavy atom. The maximum Gasteiger partial charge on any atom is 0.214 e. The molecule has 0 aromatic rings. The molecular formula is C4H12N2O2. The van der Waals surface area contributed by atoms with Crippen molar-refractivity contribution in [2.45, 2.75) is 26.3 Å². The van der Waals surface area contributed by atoms with Crippen LogP contribution in [0.5, 0.6) is 0 Å². The number of rotatable bonds is 0. The molecule has 0 aliphatic carbocycles. The van der Waals surface area contributed by atoms with Crippen molar-refractivity contribution in [2.24, 2.45) is 0 Å². The fraction of sp³-hybridized carbons (Fsp3) is 1.00. The molecule has 0 aliphatic rings. The van der Waals surface area contributed by atoms with E-state index in [0.29, 0.717) is 0 Å². The number of hydrogen-bond acceptors (Lipinski definition) is 3.